The van der Waals surface area contributed by atoms with Gasteiger partial charge in [-0.2, -0.15) is 0 Å². The number of amides is 1. The fourth-order valence-corrected chi connectivity index (χ4v) is 2.09. The molecule has 2 nitrogen and oxygen atoms in total. The van der Waals surface area contributed by atoms with Crippen LogP contribution in [0, 0.1) is 5.82 Å². The first-order valence-corrected chi connectivity index (χ1v) is 6.36. The number of alkyl halides is 1. The summed E-state index contributed by atoms with van der Waals surface area (Å²) in [5.41, 5.74) is 0.0615. The fourth-order valence-electron chi connectivity index (χ4n) is 1.74. The summed E-state index contributed by atoms with van der Waals surface area (Å²) in [6.07, 6.45) is 1.94. The molecule has 0 bridgehead atoms. The molecule has 1 aliphatic rings. The van der Waals surface area contributed by atoms with Gasteiger partial charge >= 0.3 is 0 Å². The zero-order valence-corrected chi connectivity index (χ0v) is 10.6. The van der Waals surface area contributed by atoms with E-state index in [1.165, 1.54) is 12.1 Å². The van der Waals surface area contributed by atoms with E-state index >= 15 is 0 Å². The number of hydrogen-bond donors (Lipinski definition) is 0. The lowest BCUT2D eigenvalue weighted by Gasteiger charge is -2.21. The average Bonchev–Trinajstić information content (AvgIpc) is 3.09. The number of carbonyl (C=O) groups is 1. The molecule has 0 saturated heterocycles. The normalized spacial score (nSPS) is 14.8. The highest BCUT2D eigenvalue weighted by Crippen LogP contribution is 2.29. The van der Waals surface area contributed by atoms with Crippen LogP contribution in [-0.4, -0.2) is 29.3 Å². The molecule has 92 valence electrons. The van der Waals surface area contributed by atoms with E-state index in [1.807, 2.05) is 0 Å². The smallest absolute Gasteiger partial charge is 0.257 e. The van der Waals surface area contributed by atoms with Crippen molar-refractivity contribution >= 4 is 29.1 Å². The largest absolute Gasteiger partial charge is 0.334 e. The highest BCUT2D eigenvalue weighted by Gasteiger charge is 2.33. The summed E-state index contributed by atoms with van der Waals surface area (Å²) in [5.74, 6) is -0.526. The van der Waals surface area contributed by atoms with Crippen molar-refractivity contribution in [3.05, 3.63) is 34.6 Å². The molecule has 0 aromatic heterocycles. The minimum absolute atomic E-state index is 0.0615. The zero-order valence-electron chi connectivity index (χ0n) is 9.13. The van der Waals surface area contributed by atoms with Gasteiger partial charge in [0.15, 0.2) is 0 Å². The zero-order chi connectivity index (χ0) is 12.4. The molecular formula is C12H12Cl2FNO. The molecule has 17 heavy (non-hydrogen) atoms. The molecule has 1 aromatic carbocycles. The molecular weight excluding hydrogens is 264 g/mol. The SMILES string of the molecule is O=C(c1ccc(Cl)cc1F)N(CCCl)C1CC1. The van der Waals surface area contributed by atoms with Crippen molar-refractivity contribution in [3.63, 3.8) is 0 Å². The number of nitrogens with zero attached hydrogens (tertiary/aromatic N) is 1. The van der Waals surface area contributed by atoms with Crippen molar-refractivity contribution in [3.8, 4) is 0 Å². The Bertz CT molecular complexity index is 435. The first kappa shape index (κ1) is 12.7. The van der Waals surface area contributed by atoms with Crippen molar-refractivity contribution in [1.29, 1.82) is 0 Å². The molecule has 5 heteroatoms. The third-order valence-electron chi connectivity index (χ3n) is 2.74. The second-order valence-electron chi connectivity index (χ2n) is 4.04. The Kier molecular flexibility index (Phi) is 3.89. The summed E-state index contributed by atoms with van der Waals surface area (Å²) >= 11 is 11.3. The Balaban J connectivity index is 2.22. The van der Waals surface area contributed by atoms with Gasteiger partial charge in [0.25, 0.3) is 5.91 Å². The highest BCUT2D eigenvalue weighted by atomic mass is 35.5. The lowest BCUT2D eigenvalue weighted by atomic mass is 10.2. The van der Waals surface area contributed by atoms with Gasteiger partial charge < -0.3 is 4.90 Å². The first-order valence-electron chi connectivity index (χ1n) is 5.45. The van der Waals surface area contributed by atoms with Crippen LogP contribution in [0.3, 0.4) is 0 Å². The number of halogens is 3. The molecule has 1 aromatic rings. The molecule has 1 fully saturated rings. The van der Waals surface area contributed by atoms with Crippen LogP contribution in [-0.2, 0) is 0 Å². The summed E-state index contributed by atoms with van der Waals surface area (Å²) in [6, 6.07) is 4.31. The van der Waals surface area contributed by atoms with E-state index in [0.717, 1.165) is 18.9 Å². The predicted molar refractivity (Wildman–Crippen MR) is 66.2 cm³/mol. The molecule has 2 rings (SSSR count). The van der Waals surface area contributed by atoms with Gasteiger partial charge in [0.2, 0.25) is 0 Å². The third kappa shape index (κ3) is 2.90. The highest BCUT2D eigenvalue weighted by molar-refractivity contribution is 6.30. The van der Waals surface area contributed by atoms with Crippen LogP contribution in [0.2, 0.25) is 5.02 Å². The predicted octanol–water partition coefficient (Wildman–Crippen LogP) is 3.32. The summed E-state index contributed by atoms with van der Waals surface area (Å²) in [4.78, 5) is 13.8. The summed E-state index contributed by atoms with van der Waals surface area (Å²) in [7, 11) is 0. The van der Waals surface area contributed by atoms with Crippen LogP contribution in [0.25, 0.3) is 0 Å². The van der Waals surface area contributed by atoms with E-state index in [1.54, 1.807) is 4.90 Å². The van der Waals surface area contributed by atoms with E-state index in [-0.39, 0.29) is 22.5 Å². The number of rotatable bonds is 4. The summed E-state index contributed by atoms with van der Waals surface area (Å²) in [6.45, 7) is 0.452. The molecule has 0 radical (unpaired) electrons. The number of benzene rings is 1. The van der Waals surface area contributed by atoms with Gasteiger partial charge in [0.1, 0.15) is 5.82 Å². The van der Waals surface area contributed by atoms with Crippen LogP contribution < -0.4 is 0 Å². The van der Waals surface area contributed by atoms with E-state index < -0.39 is 5.82 Å². The van der Waals surface area contributed by atoms with Crippen molar-refractivity contribution in [2.24, 2.45) is 0 Å². The molecule has 1 amide bonds. The Labute approximate surface area is 109 Å². The van der Waals surface area contributed by atoms with Crippen molar-refractivity contribution in [2.45, 2.75) is 18.9 Å². The van der Waals surface area contributed by atoms with Crippen LogP contribution in [0.4, 0.5) is 4.39 Å². The molecule has 0 spiro atoms. The number of hydrogen-bond acceptors (Lipinski definition) is 1. The Morgan fingerprint density at radius 2 is 2.18 bits per heavy atom. The summed E-state index contributed by atoms with van der Waals surface area (Å²) < 4.78 is 13.6. The van der Waals surface area contributed by atoms with Crippen molar-refractivity contribution in [1.82, 2.24) is 4.90 Å². The van der Waals surface area contributed by atoms with Gasteiger partial charge in [-0.15, -0.1) is 11.6 Å². The molecule has 0 N–H and O–H groups in total. The van der Waals surface area contributed by atoms with E-state index in [4.69, 9.17) is 23.2 Å². The van der Waals surface area contributed by atoms with Crippen molar-refractivity contribution < 1.29 is 9.18 Å². The molecule has 0 unspecified atom stereocenters. The van der Waals surface area contributed by atoms with E-state index in [9.17, 15) is 9.18 Å². The van der Waals surface area contributed by atoms with Gasteiger partial charge in [0.05, 0.1) is 5.56 Å². The minimum Gasteiger partial charge on any atom is -0.334 e. The van der Waals surface area contributed by atoms with Gasteiger partial charge in [0, 0.05) is 23.5 Å². The monoisotopic (exact) mass is 275 g/mol. The van der Waals surface area contributed by atoms with Crippen LogP contribution in [0.1, 0.15) is 23.2 Å². The van der Waals surface area contributed by atoms with Crippen molar-refractivity contribution in [2.75, 3.05) is 12.4 Å². The van der Waals surface area contributed by atoms with Crippen LogP contribution in [0.5, 0.6) is 0 Å². The second kappa shape index (κ2) is 5.23. The quantitative estimate of drug-likeness (QED) is 0.772. The molecule has 0 atom stereocenters. The third-order valence-corrected chi connectivity index (χ3v) is 3.14. The maximum atomic E-state index is 13.6. The second-order valence-corrected chi connectivity index (χ2v) is 4.86. The van der Waals surface area contributed by atoms with Gasteiger partial charge in [-0.3, -0.25) is 4.79 Å². The standard InChI is InChI=1S/C12H12Cl2FNO/c13-5-6-16(9-2-3-9)12(17)10-4-1-8(14)7-11(10)15/h1,4,7,9H,2-3,5-6H2. The van der Waals surface area contributed by atoms with Gasteiger partial charge in [-0.05, 0) is 31.0 Å². The van der Waals surface area contributed by atoms with E-state index in [0.29, 0.717) is 12.4 Å². The minimum atomic E-state index is -0.581. The summed E-state index contributed by atoms with van der Waals surface area (Å²) in [5, 5.41) is 0.286. The first-order chi connectivity index (χ1) is 8.13. The molecule has 0 heterocycles. The van der Waals surface area contributed by atoms with Crippen LogP contribution in [0.15, 0.2) is 18.2 Å². The maximum absolute atomic E-state index is 13.6. The average molecular weight is 276 g/mol. The van der Waals surface area contributed by atoms with Gasteiger partial charge in [-0.25, -0.2) is 4.39 Å². The Morgan fingerprint density at radius 1 is 1.47 bits per heavy atom. The molecule has 1 saturated carbocycles. The lowest BCUT2D eigenvalue weighted by Crippen LogP contribution is -2.35. The lowest BCUT2D eigenvalue weighted by molar-refractivity contribution is 0.0749. The van der Waals surface area contributed by atoms with Crippen LogP contribution >= 0.6 is 23.2 Å². The topological polar surface area (TPSA) is 20.3 Å². The fraction of sp³-hybridized carbons (Fsp3) is 0.417. The van der Waals surface area contributed by atoms with E-state index in [2.05, 4.69) is 0 Å². The Morgan fingerprint density at radius 3 is 2.71 bits per heavy atom. The number of carbonyl (C=O) groups excluding carboxylic acids is 1. The molecule has 0 aliphatic heterocycles. The maximum Gasteiger partial charge on any atom is 0.257 e. The molecule has 1 aliphatic carbocycles. The van der Waals surface area contributed by atoms with Gasteiger partial charge in [-0.1, -0.05) is 11.6 Å². The Hall–Kier alpha value is -0.800.